The zero-order valence-corrected chi connectivity index (χ0v) is 12.2. The molecule has 1 N–H and O–H groups in total. The molecule has 6 heteroatoms. The van der Waals surface area contributed by atoms with Crippen LogP contribution in [0.3, 0.4) is 0 Å². The van der Waals surface area contributed by atoms with Gasteiger partial charge in [-0.2, -0.15) is 5.10 Å². The zero-order chi connectivity index (χ0) is 15.4. The smallest absolute Gasteiger partial charge is 0.251 e. The quantitative estimate of drug-likeness (QED) is 0.912. The van der Waals surface area contributed by atoms with E-state index in [-0.39, 0.29) is 24.4 Å². The highest BCUT2D eigenvalue weighted by molar-refractivity contribution is 5.94. The van der Waals surface area contributed by atoms with Gasteiger partial charge in [-0.05, 0) is 24.6 Å². The second kappa shape index (κ2) is 6.43. The summed E-state index contributed by atoms with van der Waals surface area (Å²) in [6, 6.07) is 10.9. The molecule has 0 spiro atoms. The van der Waals surface area contributed by atoms with Crippen molar-refractivity contribution < 1.29 is 9.59 Å². The number of carbonyl (C=O) groups is 2. The van der Waals surface area contributed by atoms with Crippen molar-refractivity contribution in [1.82, 2.24) is 20.0 Å². The summed E-state index contributed by atoms with van der Waals surface area (Å²) < 4.78 is 1.61. The zero-order valence-electron chi connectivity index (χ0n) is 12.2. The minimum Gasteiger partial charge on any atom is -0.347 e. The van der Waals surface area contributed by atoms with Crippen molar-refractivity contribution in [3.05, 3.63) is 54.4 Å². The number of carbonyl (C=O) groups excluding carboxylic acids is 2. The van der Waals surface area contributed by atoms with Gasteiger partial charge in [-0.1, -0.05) is 18.2 Å². The van der Waals surface area contributed by atoms with Gasteiger partial charge in [0.15, 0.2) is 0 Å². The van der Waals surface area contributed by atoms with Gasteiger partial charge in [-0.3, -0.25) is 14.3 Å². The number of rotatable bonds is 4. The van der Waals surface area contributed by atoms with Crippen LogP contribution in [0.1, 0.15) is 16.8 Å². The molecule has 1 unspecified atom stereocenters. The minimum absolute atomic E-state index is 0.00859. The van der Waals surface area contributed by atoms with Crippen LogP contribution in [-0.4, -0.2) is 45.6 Å². The Morgan fingerprint density at radius 2 is 2.05 bits per heavy atom. The van der Waals surface area contributed by atoms with E-state index in [1.165, 1.54) is 0 Å². The Kier molecular flexibility index (Phi) is 4.18. The largest absolute Gasteiger partial charge is 0.347 e. The molecule has 22 heavy (non-hydrogen) atoms. The van der Waals surface area contributed by atoms with Crippen molar-refractivity contribution >= 4 is 11.8 Å². The van der Waals surface area contributed by atoms with E-state index in [0.29, 0.717) is 18.7 Å². The number of benzene rings is 1. The average Bonchev–Trinajstić information content (AvgIpc) is 3.20. The highest BCUT2D eigenvalue weighted by Gasteiger charge is 2.27. The van der Waals surface area contributed by atoms with Crippen molar-refractivity contribution in [2.24, 2.45) is 0 Å². The van der Waals surface area contributed by atoms with Crippen LogP contribution in [0.4, 0.5) is 0 Å². The molecule has 1 aliphatic heterocycles. The van der Waals surface area contributed by atoms with E-state index in [9.17, 15) is 9.59 Å². The molecule has 0 radical (unpaired) electrons. The minimum atomic E-state index is -0.0908. The third kappa shape index (κ3) is 3.33. The van der Waals surface area contributed by atoms with Gasteiger partial charge < -0.3 is 10.2 Å². The van der Waals surface area contributed by atoms with Gasteiger partial charge in [0.05, 0.1) is 0 Å². The first-order valence-corrected chi connectivity index (χ1v) is 7.33. The van der Waals surface area contributed by atoms with Crippen LogP contribution in [-0.2, 0) is 11.3 Å². The van der Waals surface area contributed by atoms with Crippen molar-refractivity contribution in [3.8, 4) is 0 Å². The lowest BCUT2D eigenvalue weighted by molar-refractivity contribution is -0.131. The molecule has 1 atom stereocenters. The molecule has 2 amide bonds. The van der Waals surface area contributed by atoms with E-state index in [1.54, 1.807) is 40.2 Å². The van der Waals surface area contributed by atoms with Crippen LogP contribution >= 0.6 is 0 Å². The third-order valence-corrected chi connectivity index (χ3v) is 3.77. The summed E-state index contributed by atoms with van der Waals surface area (Å²) in [6.07, 6.45) is 4.20. The summed E-state index contributed by atoms with van der Waals surface area (Å²) in [6.45, 7) is 1.46. The molecule has 1 aliphatic rings. The van der Waals surface area contributed by atoms with Gasteiger partial charge in [0.1, 0.15) is 6.54 Å². The van der Waals surface area contributed by atoms with Gasteiger partial charge in [0.25, 0.3) is 5.91 Å². The fourth-order valence-electron chi connectivity index (χ4n) is 2.60. The van der Waals surface area contributed by atoms with Gasteiger partial charge in [-0.25, -0.2) is 0 Å². The maximum atomic E-state index is 12.2. The summed E-state index contributed by atoms with van der Waals surface area (Å²) in [4.78, 5) is 26.0. The van der Waals surface area contributed by atoms with Crippen LogP contribution in [0.25, 0.3) is 0 Å². The molecular formula is C16H18N4O2. The molecule has 114 valence electrons. The van der Waals surface area contributed by atoms with E-state index in [0.717, 1.165) is 6.42 Å². The number of amides is 2. The third-order valence-electron chi connectivity index (χ3n) is 3.77. The fraction of sp³-hybridized carbons (Fsp3) is 0.312. The molecule has 0 saturated carbocycles. The molecule has 2 heterocycles. The molecule has 0 bridgehead atoms. The highest BCUT2D eigenvalue weighted by atomic mass is 16.2. The highest BCUT2D eigenvalue weighted by Crippen LogP contribution is 2.11. The van der Waals surface area contributed by atoms with Crippen molar-refractivity contribution in [2.45, 2.75) is 19.0 Å². The Labute approximate surface area is 128 Å². The van der Waals surface area contributed by atoms with Crippen molar-refractivity contribution in [2.75, 3.05) is 13.1 Å². The molecule has 1 fully saturated rings. The summed E-state index contributed by atoms with van der Waals surface area (Å²) in [5.74, 6) is -0.0628. The van der Waals surface area contributed by atoms with Gasteiger partial charge in [0, 0.05) is 37.1 Å². The standard InChI is InChI=1S/C16H18N4O2/c21-15(12-20-9-4-8-17-20)19-10-7-14(11-19)18-16(22)13-5-2-1-3-6-13/h1-6,8-9,14H,7,10-12H2,(H,18,22). The monoisotopic (exact) mass is 298 g/mol. The Hall–Kier alpha value is -2.63. The fourth-order valence-corrected chi connectivity index (χ4v) is 2.60. The van der Waals surface area contributed by atoms with E-state index >= 15 is 0 Å². The molecule has 6 nitrogen and oxygen atoms in total. The molecule has 2 aromatic rings. The van der Waals surface area contributed by atoms with Gasteiger partial charge in [0.2, 0.25) is 5.91 Å². The molecule has 3 rings (SSSR count). The van der Waals surface area contributed by atoms with E-state index < -0.39 is 0 Å². The summed E-state index contributed by atoms with van der Waals surface area (Å²) in [7, 11) is 0. The topological polar surface area (TPSA) is 67.2 Å². The van der Waals surface area contributed by atoms with E-state index in [2.05, 4.69) is 10.4 Å². The van der Waals surface area contributed by atoms with E-state index in [1.807, 2.05) is 18.2 Å². The van der Waals surface area contributed by atoms with Crippen LogP contribution < -0.4 is 5.32 Å². The SMILES string of the molecule is O=C(NC1CCN(C(=O)Cn2cccn2)C1)c1ccccc1. The number of likely N-dealkylation sites (tertiary alicyclic amines) is 1. The number of nitrogens with one attached hydrogen (secondary N) is 1. The van der Waals surface area contributed by atoms with Gasteiger partial charge in [-0.15, -0.1) is 0 Å². The lowest BCUT2D eigenvalue weighted by Crippen LogP contribution is -2.39. The average molecular weight is 298 g/mol. The number of hydrogen-bond acceptors (Lipinski definition) is 3. The maximum absolute atomic E-state index is 12.2. The molecule has 0 aliphatic carbocycles. The van der Waals surface area contributed by atoms with Crippen LogP contribution in [0.5, 0.6) is 0 Å². The van der Waals surface area contributed by atoms with Crippen LogP contribution in [0, 0.1) is 0 Å². The summed E-state index contributed by atoms with van der Waals surface area (Å²) in [5, 5.41) is 7.02. The molecule has 1 aromatic carbocycles. The second-order valence-corrected chi connectivity index (χ2v) is 5.37. The Morgan fingerprint density at radius 3 is 2.77 bits per heavy atom. The number of nitrogens with zero attached hydrogens (tertiary/aromatic N) is 3. The number of hydrogen-bond donors (Lipinski definition) is 1. The molecular weight excluding hydrogens is 280 g/mol. The predicted molar refractivity (Wildman–Crippen MR) is 81.1 cm³/mol. The first-order valence-electron chi connectivity index (χ1n) is 7.33. The van der Waals surface area contributed by atoms with Crippen LogP contribution in [0.2, 0.25) is 0 Å². The first-order chi connectivity index (χ1) is 10.7. The molecule has 1 aromatic heterocycles. The first kappa shape index (κ1) is 14.3. The van der Waals surface area contributed by atoms with Crippen LogP contribution in [0.15, 0.2) is 48.8 Å². The lowest BCUT2D eigenvalue weighted by atomic mass is 10.2. The summed E-state index contributed by atoms with van der Waals surface area (Å²) in [5.41, 5.74) is 0.642. The Balaban J connectivity index is 1.52. The summed E-state index contributed by atoms with van der Waals surface area (Å²) >= 11 is 0. The van der Waals surface area contributed by atoms with Gasteiger partial charge >= 0.3 is 0 Å². The van der Waals surface area contributed by atoms with Crippen molar-refractivity contribution in [1.29, 1.82) is 0 Å². The Bertz CT molecular complexity index is 639. The predicted octanol–water partition coefficient (Wildman–Crippen LogP) is 0.914. The second-order valence-electron chi connectivity index (χ2n) is 5.37. The van der Waals surface area contributed by atoms with E-state index in [4.69, 9.17) is 0 Å². The normalized spacial score (nSPS) is 17.5. The lowest BCUT2D eigenvalue weighted by Gasteiger charge is -2.17. The Morgan fingerprint density at radius 1 is 1.23 bits per heavy atom. The van der Waals surface area contributed by atoms with Crippen molar-refractivity contribution in [3.63, 3.8) is 0 Å². The molecule has 1 saturated heterocycles. The maximum Gasteiger partial charge on any atom is 0.251 e. The number of aromatic nitrogens is 2.